The van der Waals surface area contributed by atoms with Crippen molar-refractivity contribution in [2.24, 2.45) is 0 Å². The second kappa shape index (κ2) is 5.82. The van der Waals surface area contributed by atoms with Crippen LogP contribution in [0.5, 0.6) is 5.75 Å². The molecule has 0 unspecified atom stereocenters. The van der Waals surface area contributed by atoms with Crippen LogP contribution in [-0.2, 0) is 4.74 Å². The van der Waals surface area contributed by atoms with E-state index in [9.17, 15) is 18.0 Å². The first-order valence-electron chi connectivity index (χ1n) is 5.78. The second-order valence-electron chi connectivity index (χ2n) is 4.03. The number of nitrogens with zero attached hydrogens (tertiary/aromatic N) is 1. The third kappa shape index (κ3) is 3.95. The van der Waals surface area contributed by atoms with Crippen LogP contribution in [0, 0.1) is 0 Å². The minimum Gasteiger partial charge on any atom is -0.465 e. The molecule has 0 spiro atoms. The number of pyridine rings is 1. The fraction of sp³-hybridized carbons (Fsp3) is 0.143. The van der Waals surface area contributed by atoms with Crippen LogP contribution in [0.25, 0.3) is 11.1 Å². The number of hydrogen-bond acceptors (Lipinski definition) is 4. The molecule has 0 radical (unpaired) electrons. The van der Waals surface area contributed by atoms with Crippen LogP contribution >= 0.6 is 0 Å². The van der Waals surface area contributed by atoms with Gasteiger partial charge in [-0.15, -0.1) is 13.2 Å². The van der Waals surface area contributed by atoms with Crippen LogP contribution in [0.4, 0.5) is 13.2 Å². The molecule has 21 heavy (non-hydrogen) atoms. The number of hydrogen-bond donors (Lipinski definition) is 0. The average Bonchev–Trinajstić information content (AvgIpc) is 2.45. The number of rotatable bonds is 3. The first kappa shape index (κ1) is 14.8. The fourth-order valence-corrected chi connectivity index (χ4v) is 1.68. The van der Waals surface area contributed by atoms with Gasteiger partial charge in [0.25, 0.3) is 0 Å². The molecule has 4 nitrogen and oxygen atoms in total. The number of carbonyl (C=O) groups excluding carboxylic acids is 1. The van der Waals surface area contributed by atoms with Gasteiger partial charge in [-0.1, -0.05) is 12.1 Å². The van der Waals surface area contributed by atoms with E-state index in [4.69, 9.17) is 0 Å². The van der Waals surface area contributed by atoms with E-state index in [1.165, 1.54) is 43.8 Å². The maximum Gasteiger partial charge on any atom is 0.573 e. The zero-order valence-electron chi connectivity index (χ0n) is 10.8. The summed E-state index contributed by atoms with van der Waals surface area (Å²) in [5, 5.41) is 0. The van der Waals surface area contributed by atoms with Crippen LogP contribution in [0.2, 0.25) is 0 Å². The van der Waals surface area contributed by atoms with Crippen LogP contribution in [-0.4, -0.2) is 24.4 Å². The van der Waals surface area contributed by atoms with Gasteiger partial charge in [0.05, 0.1) is 12.7 Å². The minimum atomic E-state index is -4.73. The van der Waals surface area contributed by atoms with Gasteiger partial charge in [0.2, 0.25) is 0 Å². The smallest absolute Gasteiger partial charge is 0.465 e. The van der Waals surface area contributed by atoms with Gasteiger partial charge >= 0.3 is 12.3 Å². The molecule has 0 aliphatic heterocycles. The molecule has 0 amide bonds. The first-order chi connectivity index (χ1) is 9.89. The molecular weight excluding hydrogens is 287 g/mol. The zero-order valence-corrected chi connectivity index (χ0v) is 10.8. The molecule has 0 atom stereocenters. The Morgan fingerprint density at radius 2 is 1.76 bits per heavy atom. The minimum absolute atomic E-state index is 0.255. The number of esters is 1. The Kier molecular flexibility index (Phi) is 4.11. The quantitative estimate of drug-likeness (QED) is 0.814. The summed E-state index contributed by atoms with van der Waals surface area (Å²) in [6.45, 7) is 0. The highest BCUT2D eigenvalue weighted by molar-refractivity contribution is 5.90. The summed E-state index contributed by atoms with van der Waals surface area (Å²) < 4.78 is 44.5. The third-order valence-corrected chi connectivity index (χ3v) is 2.58. The Morgan fingerprint density at radius 1 is 1.10 bits per heavy atom. The number of halogens is 3. The van der Waals surface area contributed by atoms with Crippen molar-refractivity contribution in [2.45, 2.75) is 6.36 Å². The number of aromatic nitrogens is 1. The van der Waals surface area contributed by atoms with Gasteiger partial charge in [0, 0.05) is 18.0 Å². The molecule has 1 aromatic carbocycles. The summed E-state index contributed by atoms with van der Waals surface area (Å²) in [7, 11) is 1.25. The number of methoxy groups -OCH3 is 1. The van der Waals surface area contributed by atoms with Gasteiger partial charge < -0.3 is 9.47 Å². The summed E-state index contributed by atoms with van der Waals surface area (Å²) in [4.78, 5) is 15.3. The van der Waals surface area contributed by atoms with Crippen LogP contribution in [0.1, 0.15) is 10.4 Å². The van der Waals surface area contributed by atoms with E-state index < -0.39 is 12.3 Å². The van der Waals surface area contributed by atoms with Crippen molar-refractivity contribution in [1.82, 2.24) is 4.98 Å². The Labute approximate surface area is 118 Å². The van der Waals surface area contributed by atoms with E-state index in [2.05, 4.69) is 14.5 Å². The van der Waals surface area contributed by atoms with Gasteiger partial charge in [0.1, 0.15) is 5.75 Å². The highest BCUT2D eigenvalue weighted by atomic mass is 19.4. The SMILES string of the molecule is COC(=O)c1cncc(-c2ccc(OC(F)(F)F)cc2)c1. The molecule has 0 saturated heterocycles. The Bertz CT molecular complexity index is 639. The molecule has 2 rings (SSSR count). The van der Waals surface area contributed by atoms with Gasteiger partial charge in [-0.3, -0.25) is 4.98 Å². The van der Waals surface area contributed by atoms with E-state index in [0.29, 0.717) is 11.1 Å². The predicted octanol–water partition coefficient (Wildman–Crippen LogP) is 3.43. The maximum absolute atomic E-state index is 12.1. The number of alkyl halides is 3. The summed E-state index contributed by atoms with van der Waals surface area (Å²) in [5.74, 6) is -0.857. The fourth-order valence-electron chi connectivity index (χ4n) is 1.68. The molecule has 0 aliphatic carbocycles. The molecule has 1 heterocycles. The predicted molar refractivity (Wildman–Crippen MR) is 67.7 cm³/mol. The van der Waals surface area contributed by atoms with Gasteiger partial charge in [-0.2, -0.15) is 0 Å². The summed E-state index contributed by atoms with van der Waals surface area (Å²) in [6, 6.07) is 6.80. The van der Waals surface area contributed by atoms with E-state index in [0.717, 1.165) is 0 Å². The Morgan fingerprint density at radius 3 is 2.33 bits per heavy atom. The molecule has 7 heteroatoms. The van der Waals surface area contributed by atoms with Crippen molar-refractivity contribution in [1.29, 1.82) is 0 Å². The maximum atomic E-state index is 12.1. The lowest BCUT2D eigenvalue weighted by atomic mass is 10.1. The third-order valence-electron chi connectivity index (χ3n) is 2.58. The van der Waals surface area contributed by atoms with Crippen molar-refractivity contribution in [2.75, 3.05) is 7.11 Å². The monoisotopic (exact) mass is 297 g/mol. The largest absolute Gasteiger partial charge is 0.573 e. The Balaban J connectivity index is 2.25. The molecule has 110 valence electrons. The molecular formula is C14H10F3NO3. The normalized spacial score (nSPS) is 11.0. The summed E-state index contributed by atoms with van der Waals surface area (Å²) in [6.07, 6.45) is -1.89. The van der Waals surface area contributed by atoms with E-state index in [1.54, 1.807) is 6.07 Å². The van der Waals surface area contributed by atoms with Crippen molar-refractivity contribution in [3.8, 4) is 16.9 Å². The molecule has 1 aromatic heterocycles. The molecule has 0 fully saturated rings. The lowest BCUT2D eigenvalue weighted by Crippen LogP contribution is -2.16. The van der Waals surface area contributed by atoms with Gasteiger partial charge in [-0.05, 0) is 23.8 Å². The molecule has 0 N–H and O–H groups in total. The number of ether oxygens (including phenoxy) is 2. The molecule has 0 aliphatic rings. The van der Waals surface area contributed by atoms with Gasteiger partial charge in [-0.25, -0.2) is 4.79 Å². The van der Waals surface area contributed by atoms with Crippen LogP contribution in [0.3, 0.4) is 0 Å². The summed E-state index contributed by atoms with van der Waals surface area (Å²) in [5.41, 5.74) is 1.44. The summed E-state index contributed by atoms with van der Waals surface area (Å²) >= 11 is 0. The van der Waals surface area contributed by atoms with Crippen molar-refractivity contribution < 1.29 is 27.4 Å². The van der Waals surface area contributed by atoms with Gasteiger partial charge in [0.15, 0.2) is 0 Å². The highest BCUT2D eigenvalue weighted by Gasteiger charge is 2.30. The van der Waals surface area contributed by atoms with Crippen LogP contribution in [0.15, 0.2) is 42.7 Å². The molecule has 0 bridgehead atoms. The Hall–Kier alpha value is -2.57. The molecule has 0 saturated carbocycles. The second-order valence-corrected chi connectivity index (χ2v) is 4.03. The van der Waals surface area contributed by atoms with Crippen LogP contribution < -0.4 is 4.74 Å². The topological polar surface area (TPSA) is 48.4 Å². The molecule has 2 aromatic rings. The average molecular weight is 297 g/mol. The van der Waals surface area contributed by atoms with Crippen molar-refractivity contribution in [3.05, 3.63) is 48.3 Å². The van der Waals surface area contributed by atoms with Crippen molar-refractivity contribution in [3.63, 3.8) is 0 Å². The number of carbonyl (C=O) groups is 1. The van der Waals surface area contributed by atoms with E-state index >= 15 is 0 Å². The van der Waals surface area contributed by atoms with E-state index in [-0.39, 0.29) is 11.3 Å². The highest BCUT2D eigenvalue weighted by Crippen LogP contribution is 2.26. The lowest BCUT2D eigenvalue weighted by Gasteiger charge is -2.09. The zero-order chi connectivity index (χ0) is 15.5. The first-order valence-corrected chi connectivity index (χ1v) is 5.78. The standard InChI is InChI=1S/C14H10F3NO3/c1-20-13(19)11-6-10(7-18-8-11)9-2-4-12(5-3-9)21-14(15,16)17/h2-8H,1H3. The number of benzene rings is 1. The van der Waals surface area contributed by atoms with E-state index in [1.807, 2.05) is 0 Å². The van der Waals surface area contributed by atoms with Crippen molar-refractivity contribution >= 4 is 5.97 Å². The lowest BCUT2D eigenvalue weighted by molar-refractivity contribution is -0.274.